The number of benzene rings is 1. The molecule has 1 aromatic carbocycles. The van der Waals surface area contributed by atoms with Crippen LogP contribution in [-0.2, 0) is 9.53 Å². The fraction of sp³-hybridized carbons (Fsp3) is 0.591. The number of anilines is 1. The predicted molar refractivity (Wildman–Crippen MR) is 119 cm³/mol. The maximum atomic E-state index is 14.0. The Bertz CT molecular complexity index is 881. The molecule has 1 aromatic heterocycles. The molecule has 1 aliphatic heterocycles. The highest BCUT2D eigenvalue weighted by Gasteiger charge is 2.26. The van der Waals surface area contributed by atoms with E-state index in [1.165, 1.54) is 43.2 Å². The molecule has 0 spiro atoms. The van der Waals surface area contributed by atoms with E-state index in [9.17, 15) is 9.18 Å². The van der Waals surface area contributed by atoms with Gasteiger partial charge in [-0.2, -0.15) is 0 Å². The third-order valence-electron chi connectivity index (χ3n) is 5.98. The Morgan fingerprint density at radius 2 is 2.00 bits per heavy atom. The Labute approximate surface area is 186 Å². The first-order valence-corrected chi connectivity index (χ1v) is 12.1. The van der Waals surface area contributed by atoms with Crippen LogP contribution < -0.4 is 4.90 Å². The number of rotatable bonds is 7. The molecule has 4 rings (SSSR count). The lowest BCUT2D eigenvalue weighted by Gasteiger charge is -2.33. The van der Waals surface area contributed by atoms with Gasteiger partial charge in [0.1, 0.15) is 5.82 Å². The number of thioether (sulfide) groups is 1. The van der Waals surface area contributed by atoms with Crippen LogP contribution in [0.4, 0.5) is 10.3 Å². The van der Waals surface area contributed by atoms with Crippen LogP contribution in [0.1, 0.15) is 39.0 Å². The van der Waals surface area contributed by atoms with E-state index < -0.39 is 0 Å². The maximum Gasteiger partial charge on any atom is 0.233 e. The van der Waals surface area contributed by atoms with Crippen molar-refractivity contribution < 1.29 is 13.9 Å². The molecule has 1 amide bonds. The molecule has 0 unspecified atom stereocenters. The summed E-state index contributed by atoms with van der Waals surface area (Å²) in [5.74, 6) is 0.756. The Morgan fingerprint density at radius 3 is 2.71 bits per heavy atom. The number of carbonyl (C=O) groups is 1. The van der Waals surface area contributed by atoms with Crippen molar-refractivity contribution in [2.24, 2.45) is 0 Å². The van der Waals surface area contributed by atoms with E-state index in [4.69, 9.17) is 4.74 Å². The molecule has 2 aromatic rings. The van der Waals surface area contributed by atoms with Gasteiger partial charge in [-0.25, -0.2) is 4.39 Å². The van der Waals surface area contributed by atoms with Crippen LogP contribution in [0.2, 0.25) is 0 Å². The lowest BCUT2D eigenvalue weighted by Crippen LogP contribution is -2.42. The molecule has 1 saturated carbocycles. The van der Waals surface area contributed by atoms with E-state index in [0.29, 0.717) is 54.9 Å². The topological polar surface area (TPSA) is 63.5 Å². The summed E-state index contributed by atoms with van der Waals surface area (Å²) in [5.41, 5.74) is 0.654. The van der Waals surface area contributed by atoms with Crippen LogP contribution in [0.5, 0.6) is 0 Å². The van der Waals surface area contributed by atoms with Crippen molar-refractivity contribution in [3.8, 4) is 5.69 Å². The summed E-state index contributed by atoms with van der Waals surface area (Å²) in [6.45, 7) is 5.39. The van der Waals surface area contributed by atoms with Gasteiger partial charge in [0.05, 0.1) is 24.7 Å². The van der Waals surface area contributed by atoms with Crippen molar-refractivity contribution in [1.82, 2.24) is 19.7 Å². The fourth-order valence-corrected chi connectivity index (χ4v) is 5.24. The number of aromatic nitrogens is 3. The van der Waals surface area contributed by atoms with Gasteiger partial charge in [-0.15, -0.1) is 10.2 Å². The summed E-state index contributed by atoms with van der Waals surface area (Å²) in [5, 5.41) is 9.36. The van der Waals surface area contributed by atoms with Crippen molar-refractivity contribution >= 4 is 23.6 Å². The molecule has 9 heteroatoms. The summed E-state index contributed by atoms with van der Waals surface area (Å²) in [6, 6.07) is 6.75. The van der Waals surface area contributed by atoms with Gasteiger partial charge in [-0.05, 0) is 38.0 Å². The minimum atomic E-state index is -0.319. The number of ether oxygens (including phenoxy) is 1. The number of morpholine rings is 1. The van der Waals surface area contributed by atoms with Crippen LogP contribution in [0.25, 0.3) is 5.69 Å². The first-order chi connectivity index (χ1) is 15.2. The molecule has 0 radical (unpaired) electrons. The highest BCUT2D eigenvalue weighted by atomic mass is 32.2. The number of hydrogen-bond acceptors (Lipinski definition) is 6. The molecule has 0 N–H and O–H groups in total. The zero-order valence-corrected chi connectivity index (χ0v) is 18.8. The van der Waals surface area contributed by atoms with E-state index in [1.807, 2.05) is 22.5 Å². The Kier molecular flexibility index (Phi) is 7.45. The van der Waals surface area contributed by atoms with Crippen molar-refractivity contribution in [2.75, 3.05) is 43.5 Å². The zero-order valence-electron chi connectivity index (χ0n) is 18.0. The van der Waals surface area contributed by atoms with Gasteiger partial charge in [-0.3, -0.25) is 9.36 Å². The van der Waals surface area contributed by atoms with Crippen molar-refractivity contribution in [3.63, 3.8) is 0 Å². The van der Waals surface area contributed by atoms with Gasteiger partial charge < -0.3 is 14.5 Å². The quantitative estimate of drug-likeness (QED) is 0.605. The number of nitrogens with zero attached hydrogens (tertiary/aromatic N) is 5. The second-order valence-electron chi connectivity index (χ2n) is 7.96. The van der Waals surface area contributed by atoms with Gasteiger partial charge in [0.25, 0.3) is 0 Å². The Balaban J connectivity index is 1.54. The van der Waals surface area contributed by atoms with E-state index in [0.717, 1.165) is 19.4 Å². The number of halogens is 1. The number of amides is 1. The summed E-state index contributed by atoms with van der Waals surface area (Å²) in [6.07, 6.45) is 5.82. The van der Waals surface area contributed by atoms with Gasteiger partial charge in [0.15, 0.2) is 5.16 Å². The van der Waals surface area contributed by atoms with Crippen LogP contribution in [0.3, 0.4) is 0 Å². The third-order valence-corrected chi connectivity index (χ3v) is 6.89. The first-order valence-electron chi connectivity index (χ1n) is 11.1. The largest absolute Gasteiger partial charge is 0.378 e. The highest BCUT2D eigenvalue weighted by Crippen LogP contribution is 2.29. The normalized spacial score (nSPS) is 17.7. The van der Waals surface area contributed by atoms with E-state index >= 15 is 0 Å². The summed E-state index contributed by atoms with van der Waals surface area (Å²) < 4.78 is 21.3. The van der Waals surface area contributed by atoms with Crippen molar-refractivity contribution in [3.05, 3.63) is 30.1 Å². The number of carbonyl (C=O) groups excluding carboxylic acids is 1. The molecule has 0 bridgehead atoms. The van der Waals surface area contributed by atoms with Gasteiger partial charge >= 0.3 is 0 Å². The van der Waals surface area contributed by atoms with Crippen LogP contribution in [-0.4, -0.2) is 70.2 Å². The summed E-state index contributed by atoms with van der Waals surface area (Å²) in [4.78, 5) is 17.1. The molecule has 2 heterocycles. The average molecular weight is 448 g/mol. The van der Waals surface area contributed by atoms with Gasteiger partial charge in [-0.1, -0.05) is 37.1 Å². The Morgan fingerprint density at radius 1 is 1.23 bits per heavy atom. The van der Waals surface area contributed by atoms with Crippen molar-refractivity contribution in [2.45, 2.75) is 50.2 Å². The average Bonchev–Trinajstić information content (AvgIpc) is 3.23. The second kappa shape index (κ2) is 10.5. The Hall–Kier alpha value is -2.13. The van der Waals surface area contributed by atoms with Crippen molar-refractivity contribution in [1.29, 1.82) is 0 Å². The standard InChI is InChI=1S/C22H30FN5O2S/c1-2-27(18-8-4-3-5-9-18)20(29)16-31-22-25-24-21(26-11-13-30-14-12-26)28(22)19-10-6-7-17(23)15-19/h6-7,10,15,18H,2-5,8-9,11-14,16H2,1H3. The van der Waals surface area contributed by atoms with Gasteiger partial charge in [0.2, 0.25) is 11.9 Å². The van der Waals surface area contributed by atoms with E-state index in [-0.39, 0.29) is 11.7 Å². The third kappa shape index (κ3) is 5.20. The zero-order chi connectivity index (χ0) is 21.6. The minimum absolute atomic E-state index is 0.126. The molecule has 2 aliphatic rings. The summed E-state index contributed by atoms with van der Waals surface area (Å²) >= 11 is 1.37. The maximum absolute atomic E-state index is 14.0. The predicted octanol–water partition coefficient (Wildman–Crippen LogP) is 3.52. The van der Waals surface area contributed by atoms with Gasteiger partial charge in [0, 0.05) is 25.7 Å². The lowest BCUT2D eigenvalue weighted by molar-refractivity contribution is -0.131. The molecule has 168 valence electrons. The number of hydrogen-bond donors (Lipinski definition) is 0. The fourth-order valence-electron chi connectivity index (χ4n) is 4.41. The molecule has 1 aliphatic carbocycles. The monoisotopic (exact) mass is 447 g/mol. The molecule has 0 atom stereocenters. The first kappa shape index (κ1) is 22.1. The molecular weight excluding hydrogens is 417 g/mol. The minimum Gasteiger partial charge on any atom is -0.378 e. The smallest absolute Gasteiger partial charge is 0.233 e. The second-order valence-corrected chi connectivity index (χ2v) is 8.90. The molecule has 31 heavy (non-hydrogen) atoms. The lowest BCUT2D eigenvalue weighted by atomic mass is 9.94. The van der Waals surface area contributed by atoms with E-state index in [2.05, 4.69) is 15.1 Å². The van der Waals surface area contributed by atoms with Crippen LogP contribution in [0, 0.1) is 5.82 Å². The molecule has 2 fully saturated rings. The highest BCUT2D eigenvalue weighted by molar-refractivity contribution is 7.99. The van der Waals surface area contributed by atoms with Crippen LogP contribution in [0.15, 0.2) is 29.4 Å². The summed E-state index contributed by atoms with van der Waals surface area (Å²) in [7, 11) is 0. The van der Waals surface area contributed by atoms with E-state index in [1.54, 1.807) is 6.07 Å². The van der Waals surface area contributed by atoms with Crippen LogP contribution >= 0.6 is 11.8 Å². The SMILES string of the molecule is CCN(C(=O)CSc1nnc(N2CCOCC2)n1-c1cccc(F)c1)C1CCCCC1. The molecule has 1 saturated heterocycles. The molecular formula is C22H30FN5O2S. The molecule has 7 nitrogen and oxygen atoms in total.